The molecule has 3 atom stereocenters. The maximum absolute atomic E-state index is 13.1. The summed E-state index contributed by atoms with van der Waals surface area (Å²) in [5.41, 5.74) is 4.95. The lowest BCUT2D eigenvalue weighted by atomic mass is 9.89. The van der Waals surface area contributed by atoms with E-state index in [0.29, 0.717) is 23.8 Å². The Bertz CT molecular complexity index is 662. The van der Waals surface area contributed by atoms with Crippen LogP contribution in [-0.4, -0.2) is 59.0 Å². The monoisotopic (exact) mass is 302 g/mol. The number of likely N-dealkylation sites (tertiary alicyclic amines) is 2. The molecule has 0 radical (unpaired) electrons. The van der Waals surface area contributed by atoms with E-state index in [9.17, 15) is 14.7 Å². The molecule has 2 saturated heterocycles. The summed E-state index contributed by atoms with van der Waals surface area (Å²) in [7, 11) is 2.05. The number of fused-ring (bicyclic) bond motifs is 3. The predicted molar refractivity (Wildman–Crippen MR) is 79.1 cm³/mol. The minimum atomic E-state index is -1.74. The number of nitrogens with zero attached hydrogens (tertiary/aromatic N) is 2. The molecule has 2 bridgehead atoms. The van der Waals surface area contributed by atoms with E-state index in [1.165, 1.54) is 0 Å². The average Bonchev–Trinajstić information content (AvgIpc) is 3.17. The second kappa shape index (κ2) is 4.44. The van der Waals surface area contributed by atoms with Crippen LogP contribution in [0.25, 0.3) is 0 Å². The van der Waals surface area contributed by atoms with E-state index in [1.807, 2.05) is 13.1 Å². The smallest absolute Gasteiger partial charge is 0.340 e. The molecule has 1 unspecified atom stereocenters. The number of likely N-dealkylation sites (N-methyl/N-ethyl adjacent to an activating group) is 1. The highest BCUT2D eigenvalue weighted by molar-refractivity contribution is 6.10. The van der Waals surface area contributed by atoms with Crippen LogP contribution < -0.4 is 10.9 Å². The predicted octanol–water partition coefficient (Wildman–Crippen LogP) is -0.188. The molecule has 0 saturated carbocycles. The lowest BCUT2D eigenvalue weighted by Crippen LogP contribution is -2.61. The van der Waals surface area contributed by atoms with E-state index < -0.39 is 11.5 Å². The molecule has 3 aliphatic heterocycles. The number of carboxylic acid groups (broad SMARTS) is 1. The highest BCUT2D eigenvalue weighted by atomic mass is 16.4. The van der Waals surface area contributed by atoms with E-state index in [0.717, 1.165) is 13.0 Å². The van der Waals surface area contributed by atoms with Crippen LogP contribution in [0.5, 0.6) is 0 Å². The van der Waals surface area contributed by atoms with Gasteiger partial charge in [-0.1, -0.05) is 18.2 Å². The molecule has 1 aromatic rings. The summed E-state index contributed by atoms with van der Waals surface area (Å²) in [6.07, 6.45) is 0.924. The summed E-state index contributed by atoms with van der Waals surface area (Å²) in [5.74, 6) is -1.55. The lowest BCUT2D eigenvalue weighted by Gasteiger charge is -2.36. The number of hydrogen-bond acceptors (Lipinski definition) is 5. The third-order valence-electron chi connectivity index (χ3n) is 5.13. The number of carbonyl (C=O) groups excluding carboxylic acids is 1. The third-order valence-corrected chi connectivity index (χ3v) is 5.13. The van der Waals surface area contributed by atoms with Gasteiger partial charge in [-0.3, -0.25) is 9.69 Å². The number of hydrogen-bond donors (Lipinski definition) is 3. The van der Waals surface area contributed by atoms with Crippen molar-refractivity contribution < 1.29 is 14.7 Å². The molecule has 2 fully saturated rings. The summed E-state index contributed by atoms with van der Waals surface area (Å²) >= 11 is 0. The van der Waals surface area contributed by atoms with Crippen LogP contribution in [0.3, 0.4) is 0 Å². The molecule has 1 aromatic carbocycles. The Kier molecular flexibility index (Phi) is 2.73. The maximum atomic E-state index is 13.1. The quantitative estimate of drug-likeness (QED) is 0.657. The average molecular weight is 302 g/mol. The molecule has 7 nitrogen and oxygen atoms in total. The molecule has 7 heteroatoms. The van der Waals surface area contributed by atoms with Crippen LogP contribution in [0.4, 0.5) is 5.69 Å². The van der Waals surface area contributed by atoms with Crippen molar-refractivity contribution in [3.63, 3.8) is 0 Å². The Morgan fingerprint density at radius 2 is 2.05 bits per heavy atom. The zero-order valence-corrected chi connectivity index (χ0v) is 12.2. The molecular weight excluding hydrogens is 284 g/mol. The van der Waals surface area contributed by atoms with Gasteiger partial charge in [0, 0.05) is 30.7 Å². The topological polar surface area (TPSA) is 84.9 Å². The molecule has 116 valence electrons. The summed E-state index contributed by atoms with van der Waals surface area (Å²) in [6, 6.07) is 7.46. The summed E-state index contributed by atoms with van der Waals surface area (Å²) in [4.78, 5) is 29.1. The number of piperazine rings is 1. The van der Waals surface area contributed by atoms with Gasteiger partial charge >= 0.3 is 5.97 Å². The lowest BCUT2D eigenvalue weighted by molar-refractivity contribution is -0.156. The fraction of sp³-hybridized carbons (Fsp3) is 0.467. The highest BCUT2D eigenvalue weighted by Gasteiger charge is 2.57. The van der Waals surface area contributed by atoms with Gasteiger partial charge in [0.25, 0.3) is 5.91 Å². The standard InChI is InChI=1S/C15H18N4O3/c1-18-7-10-6-9(18)8-19(10)13(20)15(14(21)22)11-4-2-3-5-12(11)16-17-15/h2-5,9-10,16-17H,6-8H2,1H3,(H,21,22)/t9-,10-,15?/m0/s1. The van der Waals surface area contributed by atoms with Crippen molar-refractivity contribution >= 4 is 17.6 Å². The van der Waals surface area contributed by atoms with Gasteiger partial charge < -0.3 is 15.4 Å². The van der Waals surface area contributed by atoms with Crippen LogP contribution in [0.2, 0.25) is 0 Å². The second-order valence-corrected chi connectivity index (χ2v) is 6.29. The number of nitrogens with one attached hydrogen (secondary N) is 2. The van der Waals surface area contributed by atoms with E-state index >= 15 is 0 Å². The molecule has 3 N–H and O–H groups in total. The number of para-hydroxylation sites is 1. The van der Waals surface area contributed by atoms with Gasteiger partial charge in [-0.15, -0.1) is 0 Å². The molecule has 4 rings (SSSR count). The minimum Gasteiger partial charge on any atom is -0.479 e. The zero-order chi connectivity index (χ0) is 15.5. The van der Waals surface area contributed by atoms with E-state index in [4.69, 9.17) is 0 Å². The van der Waals surface area contributed by atoms with Crippen LogP contribution >= 0.6 is 0 Å². The first-order chi connectivity index (χ1) is 10.5. The molecule has 22 heavy (non-hydrogen) atoms. The van der Waals surface area contributed by atoms with Gasteiger partial charge in [-0.2, -0.15) is 0 Å². The minimum absolute atomic E-state index is 0.105. The van der Waals surface area contributed by atoms with Gasteiger partial charge in [-0.05, 0) is 19.5 Å². The van der Waals surface area contributed by atoms with Gasteiger partial charge in [0.15, 0.2) is 0 Å². The first-order valence-corrected chi connectivity index (χ1v) is 7.41. The Labute approximate surface area is 127 Å². The molecule has 0 aliphatic carbocycles. The third kappa shape index (κ3) is 1.57. The number of anilines is 1. The molecule has 3 heterocycles. The van der Waals surface area contributed by atoms with Crippen molar-refractivity contribution in [3.8, 4) is 0 Å². The zero-order valence-electron chi connectivity index (χ0n) is 12.2. The summed E-state index contributed by atoms with van der Waals surface area (Å²) in [6.45, 7) is 1.40. The van der Waals surface area contributed by atoms with E-state index in [-0.39, 0.29) is 11.9 Å². The number of carboxylic acids is 1. The summed E-state index contributed by atoms with van der Waals surface area (Å²) < 4.78 is 0. The highest BCUT2D eigenvalue weighted by Crippen LogP contribution is 2.38. The fourth-order valence-corrected chi connectivity index (χ4v) is 3.91. The second-order valence-electron chi connectivity index (χ2n) is 6.29. The van der Waals surface area contributed by atoms with Gasteiger partial charge in [0.05, 0.1) is 5.69 Å². The van der Waals surface area contributed by atoms with Gasteiger partial charge in [0.1, 0.15) is 0 Å². The van der Waals surface area contributed by atoms with Crippen molar-refractivity contribution in [1.29, 1.82) is 0 Å². The van der Waals surface area contributed by atoms with Crippen molar-refractivity contribution in [1.82, 2.24) is 15.2 Å². The molecule has 0 aromatic heterocycles. The largest absolute Gasteiger partial charge is 0.479 e. The Morgan fingerprint density at radius 3 is 2.68 bits per heavy atom. The molecule has 3 aliphatic rings. The summed E-state index contributed by atoms with van der Waals surface area (Å²) in [5, 5.41) is 9.80. The van der Waals surface area contributed by atoms with Crippen molar-refractivity contribution in [3.05, 3.63) is 29.8 Å². The number of amides is 1. The molecule has 0 spiro atoms. The molecule has 1 amide bonds. The molecular formula is C15H18N4O3. The fourth-order valence-electron chi connectivity index (χ4n) is 3.91. The first-order valence-electron chi connectivity index (χ1n) is 7.41. The number of aliphatic carboxylic acids is 1. The Balaban J connectivity index is 1.73. The number of rotatable bonds is 2. The Hall–Kier alpha value is -2.12. The van der Waals surface area contributed by atoms with Crippen LogP contribution in [0.1, 0.15) is 12.0 Å². The van der Waals surface area contributed by atoms with Gasteiger partial charge in [0.2, 0.25) is 5.54 Å². The first kappa shape index (κ1) is 13.5. The van der Waals surface area contributed by atoms with Gasteiger partial charge in [-0.25, -0.2) is 10.2 Å². The number of carbonyl (C=O) groups is 2. The van der Waals surface area contributed by atoms with Crippen LogP contribution in [0.15, 0.2) is 24.3 Å². The number of hydrazine groups is 1. The van der Waals surface area contributed by atoms with Crippen molar-refractivity contribution in [2.45, 2.75) is 24.0 Å². The van der Waals surface area contributed by atoms with E-state index in [2.05, 4.69) is 15.8 Å². The Morgan fingerprint density at radius 1 is 1.27 bits per heavy atom. The van der Waals surface area contributed by atoms with Crippen molar-refractivity contribution in [2.24, 2.45) is 0 Å². The van der Waals surface area contributed by atoms with Crippen LogP contribution in [0, 0.1) is 0 Å². The number of benzene rings is 1. The maximum Gasteiger partial charge on any atom is 0.340 e. The van der Waals surface area contributed by atoms with Crippen molar-refractivity contribution in [2.75, 3.05) is 25.6 Å². The van der Waals surface area contributed by atoms with E-state index in [1.54, 1.807) is 23.1 Å². The van der Waals surface area contributed by atoms with Crippen LogP contribution in [-0.2, 0) is 15.1 Å². The normalized spacial score (nSPS) is 32.9. The SMILES string of the molecule is CN1C[C@@H]2C[C@H]1CN2C(=O)C1(C(=O)O)NNc2ccccc21.